The number of piperidine rings is 1. The highest BCUT2D eigenvalue weighted by Crippen LogP contribution is 2.56. The molecule has 0 radical (unpaired) electrons. The van der Waals surface area contributed by atoms with Gasteiger partial charge in [-0.3, -0.25) is 27.3 Å². The Bertz CT molecular complexity index is 5640. The van der Waals surface area contributed by atoms with Crippen LogP contribution in [0.15, 0.2) is 91.2 Å². The Morgan fingerprint density at radius 3 is 0.830 bits per heavy atom. The Labute approximate surface area is 840 Å². The van der Waals surface area contributed by atoms with Gasteiger partial charge in [0.15, 0.2) is 0 Å². The number of benzene rings is 5. The Hall–Kier alpha value is -4.95. The zero-order chi connectivity index (χ0) is 104. The van der Waals surface area contributed by atoms with Crippen LogP contribution in [0, 0.1) is 0 Å². The molecule has 0 atom stereocenters. The van der Waals surface area contributed by atoms with E-state index in [1.54, 1.807) is 18.2 Å². The van der Waals surface area contributed by atoms with Crippen molar-refractivity contribution >= 4 is 70.7 Å². The quantitative estimate of drug-likeness (QED) is 0.0247. The van der Waals surface area contributed by atoms with Crippen molar-refractivity contribution in [3.8, 4) is 0 Å². The molecule has 1 aliphatic heterocycles. The fraction of sp³-hybridized carbons (Fsp3) is 0.720. The van der Waals surface area contributed by atoms with Crippen molar-refractivity contribution in [3.05, 3.63) is 145 Å². The number of halogens is 6. The minimum absolute atomic E-state index is 0.0492. The van der Waals surface area contributed by atoms with Gasteiger partial charge < -0.3 is 0 Å². The second-order valence-corrected chi connectivity index (χ2v) is 53.8. The summed E-state index contributed by atoms with van der Waals surface area (Å²) in [6.07, 6.45) is 53.7. The SMILES string of the molecule is CC(C)c1cc(C(C)C)c(S(=O)(=O)O)c(C(C)C)c1.CC(C)c1cccc(C(C)C)c1S(=O)(=O)O.O=S(=O)(O)C(F)(F)C(F)(F)C(F)(F)S(=O)(=O)N1CCCCC1.O=S(=O)(O)c1c(C2CCCCC2)c(C2CCCCC2)cc(C2CCCCC2)c1C1CCCCC1.O=S(=O)(O)c1c(C2CCCCC2)cc(C2CCCCC2)cc1C1CCCCC1.O=S(=O)(O)c1cc(C2CCCCC2)ccc1C1CCCCC1. The first-order chi connectivity index (χ1) is 66.0. The highest BCUT2D eigenvalue weighted by atomic mass is 32.2. The van der Waals surface area contributed by atoms with Crippen LogP contribution in [0.1, 0.15) is 538 Å². The normalized spacial score (nSPS) is 20.4. The number of alkyl halides is 6. The van der Waals surface area contributed by atoms with E-state index in [9.17, 15) is 108 Å². The van der Waals surface area contributed by atoms with Crippen LogP contribution in [0.4, 0.5) is 26.3 Å². The van der Waals surface area contributed by atoms with E-state index in [0.717, 1.165) is 129 Å². The van der Waals surface area contributed by atoms with E-state index in [0.29, 0.717) is 79.9 Å². The molecule has 1 heterocycles. The Morgan fingerprint density at radius 1 is 0.262 bits per heavy atom. The molecule has 5 aromatic rings. The lowest BCUT2D eigenvalue weighted by Crippen LogP contribution is -2.63. The van der Waals surface area contributed by atoms with Gasteiger partial charge in [0.05, 0.1) is 4.90 Å². The Balaban J connectivity index is 0.000000177. The first kappa shape index (κ1) is 118. The van der Waals surface area contributed by atoms with Gasteiger partial charge in [-0.1, -0.05) is 310 Å². The summed E-state index contributed by atoms with van der Waals surface area (Å²) >= 11 is 0. The average molecular weight is 2120 g/mol. The van der Waals surface area contributed by atoms with Crippen LogP contribution in [-0.4, -0.2) is 120 Å². The largest absolute Gasteiger partial charge is 0.439 e. The standard InChI is InChI=1S/C30H46O3S.C24H36O3S.C18H26O3S.C15H24O3S.C12H18O3S.C8H11F6NO5S2/c31-34(32,33)30-28(24-17-9-3-10-18-24)26(22-13-5-1-6-14-22)21-27(23-15-7-2-8-16-23)29(30)25-19-11-4-12-20-25;25-28(26,27)24-22(19-12-6-2-7-13-19)16-21(18-10-4-1-5-11-18)17-23(24)20-14-8-3-9-15-20;19-22(20,21)18-13-16(14-7-3-1-4-8-14)11-12-17(18)15-9-5-2-6-10-15;1-9(2)12-7-13(10(3)4)15(19(16,17)18)14(8-12)11(5)6;1-8(2)10-6-5-7-11(9(3)4)12(10)16(13,14)15;9-6(10,8(13,14)22(18,19)20)7(11,12)21(16,17)15-4-2-1-3-5-15/h21-25H,1-20H2,(H,31,32,33);16-20H,1-15H2,(H,25,26,27);11-15H,1-10H2,(H,19,20,21);7-11H,1-6H3,(H,16,17,18);5-9H,1-4H3,(H,13,14,15);1-5H2,(H,18,19,20). The second kappa shape index (κ2) is 51.0. The van der Waals surface area contributed by atoms with Gasteiger partial charge in [-0.15, -0.1) is 0 Å². The van der Waals surface area contributed by atoms with Gasteiger partial charge in [0.1, 0.15) is 19.6 Å². The lowest BCUT2D eigenvalue weighted by molar-refractivity contribution is -0.246. The molecule has 0 aromatic heterocycles. The lowest BCUT2D eigenvalue weighted by atomic mass is 9.70. The van der Waals surface area contributed by atoms with Crippen LogP contribution in [0.3, 0.4) is 0 Å². The summed E-state index contributed by atoms with van der Waals surface area (Å²) < 4.78 is 303. The molecule has 9 aliphatic carbocycles. The topological polar surface area (TPSA) is 364 Å². The maximum Gasteiger partial charge on any atom is 0.439 e. The highest BCUT2D eigenvalue weighted by Gasteiger charge is 2.82. The molecule has 0 spiro atoms. The molecule has 1 saturated heterocycles. The molecule has 15 rings (SSSR count). The van der Waals surface area contributed by atoms with E-state index in [1.807, 2.05) is 79.7 Å². The molecular formula is C107H161F6NO20S7. The summed E-state index contributed by atoms with van der Waals surface area (Å²) in [4.78, 5) is 1.06. The number of nitrogens with zero attached hydrogens (tertiary/aromatic N) is 1. The van der Waals surface area contributed by atoms with E-state index in [-0.39, 0.29) is 73.3 Å². The van der Waals surface area contributed by atoms with Crippen LogP contribution in [0.2, 0.25) is 0 Å². The summed E-state index contributed by atoms with van der Waals surface area (Å²) in [5.41, 5.74) is 13.9. The third-order valence-electron chi connectivity index (χ3n) is 31.8. The van der Waals surface area contributed by atoms with Gasteiger partial charge in [-0.25, -0.2) is 8.42 Å². The Morgan fingerprint density at radius 2 is 0.539 bits per heavy atom. The summed E-state index contributed by atoms with van der Waals surface area (Å²) in [6, 6.07) is 21.9. The maximum absolute atomic E-state index is 13.6. The third-order valence-corrected chi connectivity index (χ3v) is 39.5. The molecule has 6 N–H and O–H groups in total. The third kappa shape index (κ3) is 30.1. The highest BCUT2D eigenvalue weighted by molar-refractivity contribution is 7.90. The van der Waals surface area contributed by atoms with Crippen LogP contribution in [-0.2, 0) is 70.7 Å². The minimum Gasteiger partial charge on any atom is -0.282 e. The molecule has 10 aliphatic rings. The Kier molecular flexibility index (Phi) is 42.7. The lowest BCUT2D eigenvalue weighted by Gasteiger charge is -2.37. The molecule has 0 amide bonds. The number of sulfonamides is 1. The van der Waals surface area contributed by atoms with Crippen LogP contribution in [0.25, 0.3) is 0 Å². The summed E-state index contributed by atoms with van der Waals surface area (Å²) in [7, 11) is -34.2. The van der Waals surface area contributed by atoms with E-state index in [1.165, 1.54) is 216 Å². The van der Waals surface area contributed by atoms with Gasteiger partial charge >= 0.3 is 26.5 Å². The van der Waals surface area contributed by atoms with E-state index < -0.39 is 100 Å². The molecular weight excluding hydrogens is 1960 g/mol. The first-order valence-electron chi connectivity index (χ1n) is 52.8. The van der Waals surface area contributed by atoms with Crippen molar-refractivity contribution in [2.75, 3.05) is 13.1 Å². The molecule has 798 valence electrons. The van der Waals surface area contributed by atoms with Crippen molar-refractivity contribution in [2.24, 2.45) is 0 Å². The zero-order valence-electron chi connectivity index (χ0n) is 84.8. The molecule has 0 unspecified atom stereocenters. The number of hydrogen-bond acceptors (Lipinski definition) is 14. The maximum atomic E-state index is 13.6. The van der Waals surface area contributed by atoms with Crippen LogP contribution >= 0.6 is 0 Å². The number of rotatable bonds is 24. The first-order valence-corrected chi connectivity index (χ1v) is 62.9. The van der Waals surface area contributed by atoms with Gasteiger partial charge in [0, 0.05) is 13.1 Å². The van der Waals surface area contributed by atoms with Crippen molar-refractivity contribution < 1.29 is 113 Å². The summed E-state index contributed by atoms with van der Waals surface area (Å²) in [5, 5.41) is -13.1. The monoisotopic (exact) mass is 2120 g/mol. The second-order valence-electron chi connectivity index (χ2n) is 43.5. The number of hydrogen-bond donors (Lipinski definition) is 6. The average Bonchev–Trinajstić information content (AvgIpc) is 0.715. The summed E-state index contributed by atoms with van der Waals surface area (Å²) in [6.45, 7) is 18.4. The van der Waals surface area contributed by atoms with Gasteiger partial charge in [0.2, 0.25) is 0 Å². The molecule has 21 nitrogen and oxygen atoms in total. The smallest absolute Gasteiger partial charge is 0.282 e. The molecule has 141 heavy (non-hydrogen) atoms. The van der Waals surface area contributed by atoms with Crippen LogP contribution < -0.4 is 0 Å². The van der Waals surface area contributed by atoms with Gasteiger partial charge in [0.25, 0.3) is 60.6 Å². The molecule has 34 heteroatoms. The predicted octanol–water partition coefficient (Wildman–Crippen LogP) is 30.2. The van der Waals surface area contributed by atoms with E-state index in [4.69, 9.17) is 4.55 Å². The predicted molar refractivity (Wildman–Crippen MR) is 545 cm³/mol. The molecule has 9 saturated carbocycles. The van der Waals surface area contributed by atoms with Crippen LogP contribution in [0.5, 0.6) is 0 Å². The van der Waals surface area contributed by atoms with Gasteiger partial charge in [-0.05, 0) is 295 Å². The fourth-order valence-corrected chi connectivity index (χ4v) is 31.6. The molecule has 10 fully saturated rings. The minimum atomic E-state index is -6.98. The summed E-state index contributed by atoms with van der Waals surface area (Å²) in [5.74, 6) is -2.91. The molecule has 5 aromatic carbocycles. The van der Waals surface area contributed by atoms with Crippen molar-refractivity contribution in [2.45, 2.75) is 501 Å². The molecule has 0 bridgehead atoms. The fourth-order valence-electron chi connectivity index (χ4n) is 24.2. The van der Waals surface area contributed by atoms with Crippen molar-refractivity contribution in [3.63, 3.8) is 0 Å². The zero-order valence-corrected chi connectivity index (χ0v) is 90.5. The van der Waals surface area contributed by atoms with E-state index >= 15 is 0 Å². The van der Waals surface area contributed by atoms with Crippen molar-refractivity contribution in [1.82, 2.24) is 4.31 Å². The van der Waals surface area contributed by atoms with Gasteiger partial charge in [-0.2, -0.15) is 81.2 Å². The van der Waals surface area contributed by atoms with Crippen molar-refractivity contribution in [1.29, 1.82) is 0 Å². The van der Waals surface area contributed by atoms with E-state index in [2.05, 4.69) is 38.1 Å².